The van der Waals surface area contributed by atoms with E-state index in [1.165, 1.54) is 90.1 Å². The Morgan fingerprint density at radius 2 is 1.57 bits per heavy atom. The minimum Gasteiger partial charge on any atom is -0.298 e. The maximum absolute atomic E-state index is 2.83. The van der Waals surface area contributed by atoms with Crippen molar-refractivity contribution in [2.75, 3.05) is 13.1 Å². The Morgan fingerprint density at radius 1 is 0.913 bits per heavy atom. The molecule has 2 aliphatic rings. The molecule has 2 atom stereocenters. The summed E-state index contributed by atoms with van der Waals surface area (Å²) in [6.07, 6.45) is 21.9. The second-order valence-electron chi connectivity index (χ2n) is 7.94. The van der Waals surface area contributed by atoms with Crippen molar-refractivity contribution in [3.05, 3.63) is 12.2 Å². The van der Waals surface area contributed by atoms with E-state index >= 15 is 0 Å². The smallest absolute Gasteiger partial charge is 0.0269 e. The maximum Gasteiger partial charge on any atom is 0.0269 e. The van der Waals surface area contributed by atoms with Crippen LogP contribution in [0.1, 0.15) is 97.8 Å². The summed E-state index contributed by atoms with van der Waals surface area (Å²) < 4.78 is 0. The summed E-state index contributed by atoms with van der Waals surface area (Å²) in [7, 11) is 0. The number of nitrogens with zero attached hydrogens (tertiary/aromatic N) is 1. The molecule has 0 heterocycles. The van der Waals surface area contributed by atoms with Gasteiger partial charge in [-0.3, -0.25) is 4.90 Å². The van der Waals surface area contributed by atoms with Gasteiger partial charge in [-0.05, 0) is 76.3 Å². The minimum absolute atomic E-state index is 0.616. The molecule has 23 heavy (non-hydrogen) atoms. The zero-order chi connectivity index (χ0) is 16.5. The van der Waals surface area contributed by atoms with Crippen molar-refractivity contribution < 1.29 is 0 Å². The van der Waals surface area contributed by atoms with E-state index < -0.39 is 0 Å². The Kier molecular flexibility index (Phi) is 8.16. The molecule has 0 unspecified atom stereocenters. The molecule has 0 aromatic carbocycles. The van der Waals surface area contributed by atoms with Gasteiger partial charge in [-0.15, -0.1) is 0 Å². The lowest BCUT2D eigenvalue weighted by Gasteiger charge is -2.36. The molecule has 2 rings (SSSR count). The van der Waals surface area contributed by atoms with Gasteiger partial charge in [0.1, 0.15) is 0 Å². The minimum atomic E-state index is 0.616. The Bertz CT molecular complexity index is 334. The molecule has 2 fully saturated rings. The van der Waals surface area contributed by atoms with Crippen molar-refractivity contribution >= 4 is 0 Å². The fourth-order valence-electron chi connectivity index (χ4n) is 5.30. The molecular weight excluding hydrogens is 278 g/mol. The highest BCUT2D eigenvalue weighted by Crippen LogP contribution is 2.59. The van der Waals surface area contributed by atoms with Crippen LogP contribution in [0.15, 0.2) is 12.2 Å². The lowest BCUT2D eigenvalue weighted by Crippen LogP contribution is -2.44. The van der Waals surface area contributed by atoms with E-state index in [9.17, 15) is 0 Å². The monoisotopic (exact) mass is 319 g/mol. The Hall–Kier alpha value is -0.300. The van der Waals surface area contributed by atoms with E-state index in [4.69, 9.17) is 0 Å². The van der Waals surface area contributed by atoms with Gasteiger partial charge in [-0.1, -0.05) is 58.6 Å². The van der Waals surface area contributed by atoms with Crippen LogP contribution >= 0.6 is 0 Å². The summed E-state index contributed by atoms with van der Waals surface area (Å²) in [5, 5.41) is 0. The zero-order valence-electron chi connectivity index (χ0n) is 16.2. The molecule has 0 radical (unpaired) electrons. The summed E-state index contributed by atoms with van der Waals surface area (Å²) >= 11 is 0. The molecule has 2 saturated carbocycles. The summed E-state index contributed by atoms with van der Waals surface area (Å²) in [5.41, 5.74) is 0.616. The molecule has 0 saturated heterocycles. The van der Waals surface area contributed by atoms with Crippen molar-refractivity contribution in [1.29, 1.82) is 0 Å². The van der Waals surface area contributed by atoms with Crippen molar-refractivity contribution in [3.63, 3.8) is 0 Å². The molecule has 0 amide bonds. The first-order valence-corrected chi connectivity index (χ1v) is 10.7. The standard InChI is InChI=1S/C22H41N/c1-4-7-8-9-10-11-12-13-18-21-19-22(21,23(5-2)6-3)20-16-14-15-17-20/h10-11,20-21H,4-9,12-19H2,1-3H3/b11-10+/t21-,22+/m0/s1. The van der Waals surface area contributed by atoms with Gasteiger partial charge in [0.15, 0.2) is 0 Å². The van der Waals surface area contributed by atoms with Crippen LogP contribution in [-0.2, 0) is 0 Å². The number of allylic oxidation sites excluding steroid dienone is 2. The molecule has 1 heteroatoms. The van der Waals surface area contributed by atoms with Gasteiger partial charge >= 0.3 is 0 Å². The van der Waals surface area contributed by atoms with Gasteiger partial charge in [-0.2, -0.15) is 0 Å². The highest BCUT2D eigenvalue weighted by molar-refractivity contribution is 5.15. The van der Waals surface area contributed by atoms with Crippen LogP contribution in [0.3, 0.4) is 0 Å². The lowest BCUT2D eigenvalue weighted by molar-refractivity contribution is 0.116. The summed E-state index contributed by atoms with van der Waals surface area (Å²) in [6.45, 7) is 9.52. The zero-order valence-corrected chi connectivity index (χ0v) is 16.2. The van der Waals surface area contributed by atoms with Crippen molar-refractivity contribution in [3.8, 4) is 0 Å². The molecular formula is C22H41N. The predicted octanol–water partition coefficient (Wildman–Crippen LogP) is 6.58. The highest BCUT2D eigenvalue weighted by Gasteiger charge is 2.60. The Morgan fingerprint density at radius 3 is 2.17 bits per heavy atom. The summed E-state index contributed by atoms with van der Waals surface area (Å²) in [6, 6.07) is 0. The molecule has 0 bridgehead atoms. The molecule has 0 aromatic rings. The van der Waals surface area contributed by atoms with Gasteiger partial charge < -0.3 is 0 Å². The third kappa shape index (κ3) is 4.84. The maximum atomic E-state index is 2.83. The third-order valence-electron chi connectivity index (χ3n) is 6.60. The fraction of sp³-hybridized carbons (Fsp3) is 0.909. The van der Waals surface area contributed by atoms with Gasteiger partial charge in [0.2, 0.25) is 0 Å². The van der Waals surface area contributed by atoms with E-state index in [-0.39, 0.29) is 0 Å². The lowest BCUT2D eigenvalue weighted by atomic mass is 9.90. The summed E-state index contributed by atoms with van der Waals surface area (Å²) in [5.74, 6) is 2.01. The topological polar surface area (TPSA) is 3.24 Å². The second kappa shape index (κ2) is 9.87. The Balaban J connectivity index is 1.73. The van der Waals surface area contributed by atoms with Crippen molar-refractivity contribution in [2.45, 2.75) is 103 Å². The number of rotatable bonds is 12. The molecule has 1 nitrogen and oxygen atoms in total. The Labute approximate surface area is 145 Å². The predicted molar refractivity (Wildman–Crippen MR) is 103 cm³/mol. The molecule has 0 N–H and O–H groups in total. The normalized spacial score (nSPS) is 28.3. The van der Waals surface area contributed by atoms with E-state index in [2.05, 4.69) is 37.8 Å². The molecule has 2 aliphatic carbocycles. The second-order valence-corrected chi connectivity index (χ2v) is 7.94. The van der Waals surface area contributed by atoms with E-state index in [1.807, 2.05) is 0 Å². The molecule has 0 aliphatic heterocycles. The van der Waals surface area contributed by atoms with Crippen molar-refractivity contribution in [1.82, 2.24) is 4.90 Å². The fourth-order valence-corrected chi connectivity index (χ4v) is 5.30. The van der Waals surface area contributed by atoms with E-state index in [1.54, 1.807) is 0 Å². The molecule has 134 valence electrons. The van der Waals surface area contributed by atoms with Crippen molar-refractivity contribution in [2.24, 2.45) is 11.8 Å². The van der Waals surface area contributed by atoms with Gasteiger partial charge in [0, 0.05) is 5.54 Å². The van der Waals surface area contributed by atoms with Crippen LogP contribution in [0.2, 0.25) is 0 Å². The first kappa shape index (κ1) is 19.0. The average molecular weight is 320 g/mol. The number of hydrogen-bond donors (Lipinski definition) is 0. The van der Waals surface area contributed by atoms with Crippen LogP contribution in [-0.4, -0.2) is 23.5 Å². The van der Waals surface area contributed by atoms with Gasteiger partial charge in [0.05, 0.1) is 0 Å². The van der Waals surface area contributed by atoms with E-state index in [0.717, 1.165) is 11.8 Å². The highest BCUT2D eigenvalue weighted by atomic mass is 15.2. The number of hydrogen-bond acceptors (Lipinski definition) is 1. The third-order valence-corrected chi connectivity index (χ3v) is 6.60. The molecule has 0 spiro atoms. The largest absolute Gasteiger partial charge is 0.298 e. The van der Waals surface area contributed by atoms with Gasteiger partial charge in [-0.25, -0.2) is 0 Å². The van der Waals surface area contributed by atoms with Crippen LogP contribution in [0.4, 0.5) is 0 Å². The van der Waals surface area contributed by atoms with Crippen LogP contribution in [0.25, 0.3) is 0 Å². The summed E-state index contributed by atoms with van der Waals surface area (Å²) in [4.78, 5) is 2.83. The first-order valence-electron chi connectivity index (χ1n) is 10.7. The first-order chi connectivity index (χ1) is 11.3. The van der Waals surface area contributed by atoms with Crippen LogP contribution in [0, 0.1) is 11.8 Å². The van der Waals surface area contributed by atoms with E-state index in [0.29, 0.717) is 5.54 Å². The average Bonchev–Trinajstić information content (AvgIpc) is 3.02. The quantitative estimate of drug-likeness (QED) is 0.290. The van der Waals surface area contributed by atoms with Crippen LogP contribution < -0.4 is 0 Å². The molecule has 0 aromatic heterocycles. The van der Waals surface area contributed by atoms with Gasteiger partial charge in [0.25, 0.3) is 0 Å². The SMILES string of the molecule is CCCCC/C=C/CCC[C@H]1C[C@]1(C1CCCC1)N(CC)CC. The van der Waals surface area contributed by atoms with Crippen LogP contribution in [0.5, 0.6) is 0 Å². The number of unbranched alkanes of at least 4 members (excludes halogenated alkanes) is 4.